The fraction of sp³-hybridized carbons (Fsp3) is 0.900. The lowest BCUT2D eigenvalue weighted by molar-refractivity contribution is -0.131. The van der Waals surface area contributed by atoms with E-state index in [4.69, 9.17) is 10.5 Å². The molecule has 0 aromatic carbocycles. The molecule has 0 aromatic rings. The Morgan fingerprint density at radius 2 is 2.00 bits per heavy atom. The molecule has 5 nitrogen and oxygen atoms in total. The molecule has 5 heteroatoms. The standard InChI is InChI=1S/C10H21N3O2/c1-2-15-8-7-12-3-5-13(6-4-12)10(14)9-11/h2-9,11H2,1H3. The smallest absolute Gasteiger partial charge is 0.236 e. The normalized spacial score (nSPS) is 18.1. The summed E-state index contributed by atoms with van der Waals surface area (Å²) < 4.78 is 5.29. The topological polar surface area (TPSA) is 58.8 Å². The van der Waals surface area contributed by atoms with Gasteiger partial charge in [0.2, 0.25) is 5.91 Å². The van der Waals surface area contributed by atoms with E-state index in [1.807, 2.05) is 11.8 Å². The highest BCUT2D eigenvalue weighted by molar-refractivity contribution is 5.78. The number of hydrogen-bond acceptors (Lipinski definition) is 4. The quantitative estimate of drug-likeness (QED) is 0.605. The Balaban J connectivity index is 2.15. The molecule has 1 amide bonds. The maximum atomic E-state index is 11.3. The number of ether oxygens (including phenoxy) is 1. The molecule has 15 heavy (non-hydrogen) atoms. The van der Waals surface area contributed by atoms with Gasteiger partial charge < -0.3 is 15.4 Å². The molecule has 0 radical (unpaired) electrons. The number of nitrogens with two attached hydrogens (primary N) is 1. The average Bonchev–Trinajstić information content (AvgIpc) is 2.29. The third kappa shape index (κ3) is 4.15. The van der Waals surface area contributed by atoms with Gasteiger partial charge in [0.05, 0.1) is 13.2 Å². The van der Waals surface area contributed by atoms with Crippen LogP contribution >= 0.6 is 0 Å². The lowest BCUT2D eigenvalue weighted by Crippen LogP contribution is -2.50. The first-order chi connectivity index (χ1) is 7.27. The Hall–Kier alpha value is -0.650. The third-order valence-corrected chi connectivity index (χ3v) is 2.66. The van der Waals surface area contributed by atoms with Gasteiger partial charge in [-0.05, 0) is 6.92 Å². The summed E-state index contributed by atoms with van der Waals surface area (Å²) in [5.41, 5.74) is 5.31. The summed E-state index contributed by atoms with van der Waals surface area (Å²) in [7, 11) is 0. The zero-order valence-electron chi connectivity index (χ0n) is 9.45. The summed E-state index contributed by atoms with van der Waals surface area (Å²) in [6.07, 6.45) is 0. The van der Waals surface area contributed by atoms with E-state index in [0.29, 0.717) is 0 Å². The molecule has 0 saturated carbocycles. The predicted octanol–water partition coefficient (Wildman–Crippen LogP) is -0.874. The number of carbonyl (C=O) groups is 1. The van der Waals surface area contributed by atoms with Crippen molar-refractivity contribution in [2.24, 2.45) is 5.73 Å². The van der Waals surface area contributed by atoms with Crippen LogP contribution < -0.4 is 5.73 Å². The van der Waals surface area contributed by atoms with Crippen molar-refractivity contribution in [1.29, 1.82) is 0 Å². The molecule has 0 bridgehead atoms. The maximum absolute atomic E-state index is 11.3. The SMILES string of the molecule is CCOCCN1CCN(C(=O)CN)CC1. The second-order valence-electron chi connectivity index (χ2n) is 3.62. The molecule has 88 valence electrons. The zero-order chi connectivity index (χ0) is 11.1. The summed E-state index contributed by atoms with van der Waals surface area (Å²) in [6, 6.07) is 0. The van der Waals surface area contributed by atoms with Crippen LogP contribution in [-0.2, 0) is 9.53 Å². The van der Waals surface area contributed by atoms with Gasteiger partial charge in [0.1, 0.15) is 0 Å². The molecule has 0 aromatic heterocycles. The van der Waals surface area contributed by atoms with Crippen LogP contribution in [0.15, 0.2) is 0 Å². The van der Waals surface area contributed by atoms with Gasteiger partial charge in [-0.3, -0.25) is 9.69 Å². The van der Waals surface area contributed by atoms with E-state index in [2.05, 4.69) is 4.90 Å². The van der Waals surface area contributed by atoms with E-state index < -0.39 is 0 Å². The van der Waals surface area contributed by atoms with Crippen molar-refractivity contribution in [1.82, 2.24) is 9.80 Å². The number of amides is 1. The maximum Gasteiger partial charge on any atom is 0.236 e. The van der Waals surface area contributed by atoms with Crippen LogP contribution in [0.3, 0.4) is 0 Å². The van der Waals surface area contributed by atoms with E-state index in [1.165, 1.54) is 0 Å². The van der Waals surface area contributed by atoms with Crippen LogP contribution in [-0.4, -0.2) is 68.2 Å². The van der Waals surface area contributed by atoms with E-state index in [9.17, 15) is 4.79 Å². The van der Waals surface area contributed by atoms with Gasteiger partial charge in [0, 0.05) is 39.3 Å². The first-order valence-corrected chi connectivity index (χ1v) is 5.56. The molecule has 1 fully saturated rings. The summed E-state index contributed by atoms with van der Waals surface area (Å²) in [5.74, 6) is 0.0551. The molecule has 0 aliphatic carbocycles. The van der Waals surface area contributed by atoms with Gasteiger partial charge in [-0.1, -0.05) is 0 Å². The average molecular weight is 215 g/mol. The Labute approximate surface area is 91.2 Å². The molecule has 1 saturated heterocycles. The van der Waals surface area contributed by atoms with E-state index in [0.717, 1.165) is 45.9 Å². The zero-order valence-corrected chi connectivity index (χ0v) is 9.45. The van der Waals surface area contributed by atoms with Crippen molar-refractivity contribution >= 4 is 5.91 Å². The second kappa shape index (κ2) is 6.76. The summed E-state index contributed by atoms with van der Waals surface area (Å²) in [5, 5.41) is 0. The van der Waals surface area contributed by atoms with Gasteiger partial charge in [-0.25, -0.2) is 0 Å². The van der Waals surface area contributed by atoms with Gasteiger partial charge >= 0.3 is 0 Å². The van der Waals surface area contributed by atoms with Gasteiger partial charge in [-0.15, -0.1) is 0 Å². The second-order valence-corrected chi connectivity index (χ2v) is 3.62. The lowest BCUT2D eigenvalue weighted by atomic mass is 10.3. The molecule has 0 spiro atoms. The summed E-state index contributed by atoms with van der Waals surface area (Å²) in [6.45, 7) is 8.07. The minimum atomic E-state index is 0.0551. The largest absolute Gasteiger partial charge is 0.380 e. The van der Waals surface area contributed by atoms with Crippen LogP contribution in [0.25, 0.3) is 0 Å². The molecule has 1 heterocycles. The first kappa shape index (κ1) is 12.4. The van der Waals surface area contributed by atoms with Crippen molar-refractivity contribution in [2.45, 2.75) is 6.92 Å². The third-order valence-electron chi connectivity index (χ3n) is 2.66. The minimum Gasteiger partial charge on any atom is -0.380 e. The fourth-order valence-electron chi connectivity index (χ4n) is 1.69. The Kier molecular flexibility index (Phi) is 5.60. The minimum absolute atomic E-state index is 0.0551. The molecule has 1 rings (SSSR count). The number of nitrogens with zero attached hydrogens (tertiary/aromatic N) is 2. The van der Waals surface area contributed by atoms with Crippen molar-refractivity contribution in [3.05, 3.63) is 0 Å². The van der Waals surface area contributed by atoms with Crippen LogP contribution in [0, 0.1) is 0 Å². The molecule has 2 N–H and O–H groups in total. The Morgan fingerprint density at radius 3 is 2.53 bits per heavy atom. The highest BCUT2D eigenvalue weighted by Crippen LogP contribution is 2.01. The number of hydrogen-bond donors (Lipinski definition) is 1. The monoisotopic (exact) mass is 215 g/mol. The van der Waals surface area contributed by atoms with Gasteiger partial charge in [0.15, 0.2) is 0 Å². The Morgan fingerprint density at radius 1 is 1.33 bits per heavy atom. The first-order valence-electron chi connectivity index (χ1n) is 5.56. The summed E-state index contributed by atoms with van der Waals surface area (Å²) in [4.78, 5) is 15.4. The highest BCUT2D eigenvalue weighted by Gasteiger charge is 2.19. The highest BCUT2D eigenvalue weighted by atomic mass is 16.5. The Bertz CT molecular complexity index is 191. The lowest BCUT2D eigenvalue weighted by Gasteiger charge is -2.34. The van der Waals surface area contributed by atoms with E-state index in [1.54, 1.807) is 0 Å². The molecule has 0 atom stereocenters. The predicted molar refractivity (Wildman–Crippen MR) is 58.6 cm³/mol. The summed E-state index contributed by atoms with van der Waals surface area (Å²) >= 11 is 0. The van der Waals surface area contributed by atoms with Crippen LogP contribution in [0.1, 0.15) is 6.92 Å². The van der Waals surface area contributed by atoms with Crippen molar-refractivity contribution in [3.63, 3.8) is 0 Å². The van der Waals surface area contributed by atoms with Crippen molar-refractivity contribution in [3.8, 4) is 0 Å². The molecule has 0 unspecified atom stereocenters. The van der Waals surface area contributed by atoms with Gasteiger partial charge in [0.25, 0.3) is 0 Å². The molecule has 1 aliphatic heterocycles. The van der Waals surface area contributed by atoms with E-state index >= 15 is 0 Å². The number of carbonyl (C=O) groups excluding carboxylic acids is 1. The van der Waals surface area contributed by atoms with Crippen LogP contribution in [0.4, 0.5) is 0 Å². The van der Waals surface area contributed by atoms with Crippen LogP contribution in [0.5, 0.6) is 0 Å². The van der Waals surface area contributed by atoms with Crippen molar-refractivity contribution < 1.29 is 9.53 Å². The van der Waals surface area contributed by atoms with Gasteiger partial charge in [-0.2, -0.15) is 0 Å². The van der Waals surface area contributed by atoms with Crippen molar-refractivity contribution in [2.75, 3.05) is 52.5 Å². The fourth-order valence-corrected chi connectivity index (χ4v) is 1.69. The van der Waals surface area contributed by atoms with E-state index in [-0.39, 0.29) is 12.5 Å². The molecular formula is C10H21N3O2. The number of rotatable bonds is 5. The molecule has 1 aliphatic rings. The molecular weight excluding hydrogens is 194 g/mol. The van der Waals surface area contributed by atoms with Crippen LogP contribution in [0.2, 0.25) is 0 Å². The number of piperazine rings is 1.